The SMILES string of the molecule is COC(=O)C(Cc1cccnc1)NC(=O)C1CN(S(C)(=O)=O)CCN1C(=O)NC(C)C. The first-order chi connectivity index (χ1) is 14.5. The van der Waals surface area contributed by atoms with Crippen LogP contribution in [0.1, 0.15) is 19.4 Å². The van der Waals surface area contributed by atoms with Crippen molar-refractivity contribution in [3.05, 3.63) is 30.1 Å². The fraction of sp³-hybridized carbons (Fsp3) is 0.579. The summed E-state index contributed by atoms with van der Waals surface area (Å²) < 4.78 is 30.0. The van der Waals surface area contributed by atoms with Crippen LogP contribution in [0.5, 0.6) is 0 Å². The van der Waals surface area contributed by atoms with Crippen LogP contribution in [-0.2, 0) is 30.8 Å². The lowest BCUT2D eigenvalue weighted by Crippen LogP contribution is -2.64. The molecule has 1 saturated heterocycles. The van der Waals surface area contributed by atoms with E-state index in [1.807, 2.05) is 0 Å². The summed E-state index contributed by atoms with van der Waals surface area (Å²) in [7, 11) is -2.36. The average molecular weight is 456 g/mol. The van der Waals surface area contributed by atoms with Gasteiger partial charge in [0.05, 0.1) is 13.4 Å². The zero-order valence-corrected chi connectivity index (χ0v) is 18.9. The number of hydrogen-bond acceptors (Lipinski definition) is 7. The highest BCUT2D eigenvalue weighted by Gasteiger charge is 2.39. The summed E-state index contributed by atoms with van der Waals surface area (Å²) in [5.74, 6) is -1.31. The van der Waals surface area contributed by atoms with Gasteiger partial charge in [-0.1, -0.05) is 6.07 Å². The van der Waals surface area contributed by atoms with Gasteiger partial charge in [0, 0.05) is 44.5 Å². The highest BCUT2D eigenvalue weighted by atomic mass is 32.2. The third-order valence-corrected chi connectivity index (χ3v) is 6.02. The van der Waals surface area contributed by atoms with Crippen molar-refractivity contribution >= 4 is 27.9 Å². The number of nitrogens with zero attached hydrogens (tertiary/aromatic N) is 3. The molecule has 1 fully saturated rings. The summed E-state index contributed by atoms with van der Waals surface area (Å²) in [6.07, 6.45) is 4.33. The molecular formula is C19H29N5O6S. The third kappa shape index (κ3) is 6.89. The Morgan fingerprint density at radius 1 is 1.26 bits per heavy atom. The van der Waals surface area contributed by atoms with Gasteiger partial charge >= 0.3 is 12.0 Å². The predicted octanol–water partition coefficient (Wildman–Crippen LogP) is -0.654. The number of carbonyl (C=O) groups is 3. The molecule has 172 valence electrons. The monoisotopic (exact) mass is 455 g/mol. The van der Waals surface area contributed by atoms with Gasteiger partial charge in [0.2, 0.25) is 15.9 Å². The predicted molar refractivity (Wildman–Crippen MR) is 112 cm³/mol. The van der Waals surface area contributed by atoms with Crippen molar-refractivity contribution in [3.8, 4) is 0 Å². The molecule has 0 aliphatic carbocycles. The van der Waals surface area contributed by atoms with Gasteiger partial charge in [0.15, 0.2) is 0 Å². The molecule has 1 aromatic rings. The molecule has 2 atom stereocenters. The van der Waals surface area contributed by atoms with Crippen LogP contribution in [0.3, 0.4) is 0 Å². The lowest BCUT2D eigenvalue weighted by Gasteiger charge is -2.40. The lowest BCUT2D eigenvalue weighted by atomic mass is 10.1. The minimum absolute atomic E-state index is 0.0369. The number of ether oxygens (including phenoxy) is 1. The van der Waals surface area contributed by atoms with E-state index in [9.17, 15) is 22.8 Å². The Hall–Kier alpha value is -2.73. The van der Waals surface area contributed by atoms with E-state index in [0.29, 0.717) is 5.56 Å². The van der Waals surface area contributed by atoms with Crippen molar-refractivity contribution in [1.82, 2.24) is 24.8 Å². The van der Waals surface area contributed by atoms with E-state index >= 15 is 0 Å². The molecule has 1 aromatic heterocycles. The number of hydrogen-bond donors (Lipinski definition) is 2. The highest BCUT2D eigenvalue weighted by Crippen LogP contribution is 2.15. The molecule has 2 unspecified atom stereocenters. The molecule has 11 nitrogen and oxygen atoms in total. The molecule has 0 aromatic carbocycles. The topological polar surface area (TPSA) is 138 Å². The van der Waals surface area contributed by atoms with E-state index in [1.165, 1.54) is 12.0 Å². The van der Waals surface area contributed by atoms with E-state index in [-0.39, 0.29) is 32.1 Å². The molecule has 1 aliphatic heterocycles. The van der Waals surface area contributed by atoms with E-state index in [1.54, 1.807) is 38.4 Å². The van der Waals surface area contributed by atoms with Gasteiger partial charge in [-0.3, -0.25) is 9.78 Å². The number of pyridine rings is 1. The lowest BCUT2D eigenvalue weighted by molar-refractivity contribution is -0.145. The fourth-order valence-electron chi connectivity index (χ4n) is 3.21. The molecular weight excluding hydrogens is 426 g/mol. The maximum absolute atomic E-state index is 13.1. The number of sulfonamides is 1. The summed E-state index contributed by atoms with van der Waals surface area (Å²) in [4.78, 5) is 43.3. The first kappa shape index (κ1) is 24.5. The Labute approximate surface area is 182 Å². The number of methoxy groups -OCH3 is 1. The number of esters is 1. The second kappa shape index (κ2) is 10.5. The molecule has 2 rings (SSSR count). The average Bonchev–Trinajstić information content (AvgIpc) is 2.71. The molecule has 0 radical (unpaired) electrons. The van der Waals surface area contributed by atoms with Crippen molar-refractivity contribution in [1.29, 1.82) is 0 Å². The van der Waals surface area contributed by atoms with Crippen molar-refractivity contribution in [3.63, 3.8) is 0 Å². The first-order valence-electron chi connectivity index (χ1n) is 9.82. The maximum atomic E-state index is 13.1. The zero-order valence-electron chi connectivity index (χ0n) is 18.1. The van der Waals surface area contributed by atoms with Gasteiger partial charge < -0.3 is 20.3 Å². The van der Waals surface area contributed by atoms with E-state index in [4.69, 9.17) is 4.74 Å². The summed E-state index contributed by atoms with van der Waals surface area (Å²) in [5.41, 5.74) is 0.703. The zero-order chi connectivity index (χ0) is 23.2. The normalized spacial score (nSPS) is 18.4. The van der Waals surface area contributed by atoms with Gasteiger partial charge in [-0.05, 0) is 25.5 Å². The third-order valence-electron chi connectivity index (χ3n) is 4.75. The molecule has 2 heterocycles. The van der Waals surface area contributed by atoms with Crippen molar-refractivity contribution in [2.45, 2.75) is 38.4 Å². The Kier molecular flexibility index (Phi) is 8.34. The van der Waals surface area contributed by atoms with Gasteiger partial charge in [0.1, 0.15) is 12.1 Å². The number of nitrogens with one attached hydrogen (secondary N) is 2. The second-order valence-electron chi connectivity index (χ2n) is 7.58. The molecule has 12 heteroatoms. The smallest absolute Gasteiger partial charge is 0.328 e. The Bertz CT molecular complexity index is 892. The van der Waals surface area contributed by atoms with Crippen LogP contribution < -0.4 is 10.6 Å². The summed E-state index contributed by atoms with van der Waals surface area (Å²) in [6.45, 7) is 3.46. The summed E-state index contributed by atoms with van der Waals surface area (Å²) in [6, 6.07) is 0.675. The number of rotatable bonds is 7. The van der Waals surface area contributed by atoms with Crippen LogP contribution in [0, 0.1) is 0 Å². The van der Waals surface area contributed by atoms with Gasteiger partial charge in [-0.25, -0.2) is 18.0 Å². The first-order valence-corrected chi connectivity index (χ1v) is 11.7. The highest BCUT2D eigenvalue weighted by molar-refractivity contribution is 7.88. The Morgan fingerprint density at radius 2 is 1.97 bits per heavy atom. The van der Waals surface area contributed by atoms with Gasteiger partial charge in [-0.2, -0.15) is 4.31 Å². The van der Waals surface area contributed by atoms with Crippen LogP contribution in [0.2, 0.25) is 0 Å². The number of aromatic nitrogens is 1. The van der Waals surface area contributed by atoms with Crippen molar-refractivity contribution in [2.75, 3.05) is 33.0 Å². The number of amides is 3. The molecule has 3 amide bonds. The number of piperazine rings is 1. The van der Waals surface area contributed by atoms with Crippen LogP contribution >= 0.6 is 0 Å². The van der Waals surface area contributed by atoms with Gasteiger partial charge in [0.25, 0.3) is 0 Å². The molecule has 0 spiro atoms. The quantitative estimate of drug-likeness (QED) is 0.521. The molecule has 2 N–H and O–H groups in total. The number of carbonyl (C=O) groups excluding carboxylic acids is 3. The summed E-state index contributed by atoms with van der Waals surface area (Å²) >= 11 is 0. The Morgan fingerprint density at radius 3 is 2.52 bits per heavy atom. The van der Waals surface area contributed by atoms with Crippen LogP contribution in [0.4, 0.5) is 4.79 Å². The van der Waals surface area contributed by atoms with Crippen LogP contribution in [-0.4, -0.2) is 91.6 Å². The van der Waals surface area contributed by atoms with E-state index in [2.05, 4.69) is 15.6 Å². The maximum Gasteiger partial charge on any atom is 0.328 e. The van der Waals surface area contributed by atoms with Crippen LogP contribution in [0.25, 0.3) is 0 Å². The molecule has 0 saturated carbocycles. The Balaban J connectivity index is 2.25. The van der Waals surface area contributed by atoms with Gasteiger partial charge in [-0.15, -0.1) is 0 Å². The molecule has 0 bridgehead atoms. The standard InChI is InChI=1S/C19H29N5O6S/c1-13(2)21-19(27)24-9-8-23(31(4,28)29)12-16(24)17(25)22-15(18(26)30-3)10-14-6-5-7-20-11-14/h5-7,11,13,15-16H,8-10,12H2,1-4H3,(H,21,27)(H,22,25). The van der Waals surface area contributed by atoms with E-state index < -0.39 is 40.0 Å². The number of urea groups is 1. The minimum Gasteiger partial charge on any atom is -0.467 e. The van der Waals surface area contributed by atoms with Crippen molar-refractivity contribution in [2.24, 2.45) is 0 Å². The largest absolute Gasteiger partial charge is 0.467 e. The minimum atomic E-state index is -3.57. The second-order valence-corrected chi connectivity index (χ2v) is 9.57. The fourth-order valence-corrected chi connectivity index (χ4v) is 4.04. The van der Waals surface area contributed by atoms with Crippen molar-refractivity contribution < 1.29 is 27.5 Å². The molecule has 1 aliphatic rings. The van der Waals surface area contributed by atoms with E-state index in [0.717, 1.165) is 10.6 Å². The molecule has 31 heavy (non-hydrogen) atoms. The van der Waals surface area contributed by atoms with Crippen LogP contribution in [0.15, 0.2) is 24.5 Å². The summed E-state index contributed by atoms with van der Waals surface area (Å²) in [5, 5.41) is 5.33.